The topological polar surface area (TPSA) is 20.1 Å². The van der Waals surface area contributed by atoms with Crippen molar-refractivity contribution in [1.82, 2.24) is 0 Å². The summed E-state index contributed by atoms with van der Waals surface area (Å²) >= 11 is 0. The van der Waals surface area contributed by atoms with Gasteiger partial charge in [-0.05, 0) is 13.3 Å². The molecule has 68 valence electrons. The molecular weight excluding hydrogens is 150 g/mol. The van der Waals surface area contributed by atoms with E-state index in [2.05, 4.69) is 11.5 Å². The molecule has 0 amide bonds. The van der Waals surface area contributed by atoms with E-state index in [1.165, 1.54) is 25.0 Å². The zero-order valence-electron chi connectivity index (χ0n) is 8.10. The van der Waals surface area contributed by atoms with E-state index < -0.39 is 0 Å². The Hall–Kier alpha value is -0.660. The van der Waals surface area contributed by atoms with Gasteiger partial charge in [0, 0.05) is 19.8 Å². The first-order valence-electron chi connectivity index (χ1n) is 4.77. The predicted octanol–water partition coefficient (Wildman–Crippen LogP) is 1.62. The van der Waals surface area contributed by atoms with Gasteiger partial charge in [0.1, 0.15) is 18.9 Å². The number of carbonyl (C=O) groups excluding carboxylic acids is 1. The summed E-state index contributed by atoms with van der Waals surface area (Å²) in [5.41, 5.74) is 1.25. The third-order valence-corrected chi connectivity index (χ3v) is 2.40. The van der Waals surface area contributed by atoms with Crippen LogP contribution in [0.4, 0.5) is 0 Å². The van der Waals surface area contributed by atoms with Crippen molar-refractivity contribution in [2.45, 2.75) is 39.5 Å². The van der Waals surface area contributed by atoms with E-state index in [-0.39, 0.29) is 5.78 Å². The van der Waals surface area contributed by atoms with Crippen LogP contribution in [0.5, 0.6) is 0 Å². The zero-order chi connectivity index (χ0) is 8.97. The van der Waals surface area contributed by atoms with Crippen LogP contribution in [0.25, 0.3) is 0 Å². The van der Waals surface area contributed by atoms with E-state index in [4.69, 9.17) is 0 Å². The molecule has 1 saturated heterocycles. The quantitative estimate of drug-likeness (QED) is 0.574. The fraction of sp³-hybridized carbons (Fsp3) is 0.800. The average Bonchev–Trinajstić information content (AvgIpc) is 2.05. The highest BCUT2D eigenvalue weighted by Crippen LogP contribution is 2.05. The maximum absolute atomic E-state index is 10.8. The van der Waals surface area contributed by atoms with Crippen LogP contribution in [-0.4, -0.2) is 29.2 Å². The molecule has 0 aromatic carbocycles. The predicted molar refractivity (Wildman–Crippen MR) is 49.8 cm³/mol. The third-order valence-electron chi connectivity index (χ3n) is 2.40. The summed E-state index contributed by atoms with van der Waals surface area (Å²) in [4.78, 5) is 10.8. The minimum absolute atomic E-state index is 0.276. The lowest BCUT2D eigenvalue weighted by molar-refractivity contribution is -0.538. The molecule has 1 rings (SSSR count). The summed E-state index contributed by atoms with van der Waals surface area (Å²) in [7, 11) is 0. The van der Waals surface area contributed by atoms with Gasteiger partial charge in [0.15, 0.2) is 5.71 Å². The standard InChI is InChI=1S/C10H18NO/c1-9(8-10(2)12)11-6-4-3-5-7-11/h3-8H2,1-2H3/q+1. The van der Waals surface area contributed by atoms with Gasteiger partial charge in [-0.3, -0.25) is 4.79 Å². The molecule has 0 atom stereocenters. The minimum atomic E-state index is 0.276. The summed E-state index contributed by atoms with van der Waals surface area (Å²) in [6.07, 6.45) is 4.56. The van der Waals surface area contributed by atoms with Crippen LogP contribution in [0, 0.1) is 0 Å². The highest BCUT2D eigenvalue weighted by atomic mass is 16.1. The highest BCUT2D eigenvalue weighted by Gasteiger charge is 2.15. The van der Waals surface area contributed by atoms with E-state index in [9.17, 15) is 4.79 Å². The zero-order valence-corrected chi connectivity index (χ0v) is 8.10. The van der Waals surface area contributed by atoms with Crippen molar-refractivity contribution < 1.29 is 9.37 Å². The Kier molecular flexibility index (Phi) is 3.45. The number of rotatable bonds is 2. The Labute approximate surface area is 74.3 Å². The Morgan fingerprint density at radius 2 is 1.75 bits per heavy atom. The number of ketones is 1. The summed E-state index contributed by atoms with van der Waals surface area (Å²) in [6.45, 7) is 6.04. The van der Waals surface area contributed by atoms with Crippen molar-refractivity contribution in [2.24, 2.45) is 0 Å². The lowest BCUT2D eigenvalue weighted by Gasteiger charge is -2.11. The summed E-state index contributed by atoms with van der Waals surface area (Å²) in [5.74, 6) is 0.276. The van der Waals surface area contributed by atoms with Crippen LogP contribution >= 0.6 is 0 Å². The molecule has 0 radical (unpaired) electrons. The summed E-state index contributed by atoms with van der Waals surface area (Å²) in [5, 5.41) is 0. The molecule has 2 heteroatoms. The lowest BCUT2D eigenvalue weighted by Crippen LogP contribution is -2.26. The minimum Gasteiger partial charge on any atom is -0.299 e. The second-order valence-corrected chi connectivity index (χ2v) is 3.66. The lowest BCUT2D eigenvalue weighted by atomic mass is 10.1. The van der Waals surface area contributed by atoms with Crippen LogP contribution in [-0.2, 0) is 4.79 Å². The molecule has 1 heterocycles. The Morgan fingerprint density at radius 3 is 2.25 bits per heavy atom. The monoisotopic (exact) mass is 168 g/mol. The van der Waals surface area contributed by atoms with Gasteiger partial charge in [-0.25, -0.2) is 4.58 Å². The molecule has 0 aromatic heterocycles. The molecular formula is C10H18NO+. The molecule has 12 heavy (non-hydrogen) atoms. The second kappa shape index (κ2) is 4.39. The molecule has 1 aliphatic heterocycles. The van der Waals surface area contributed by atoms with Crippen molar-refractivity contribution in [3.05, 3.63) is 0 Å². The first-order chi connectivity index (χ1) is 5.70. The van der Waals surface area contributed by atoms with Crippen LogP contribution in [0.1, 0.15) is 39.5 Å². The van der Waals surface area contributed by atoms with Gasteiger partial charge in [0.2, 0.25) is 0 Å². The molecule has 0 aliphatic carbocycles. The Bertz CT molecular complexity index is 198. The van der Waals surface area contributed by atoms with Gasteiger partial charge >= 0.3 is 0 Å². The number of carbonyl (C=O) groups is 1. The number of Topliss-reactive ketones (excluding diaryl/α,β-unsaturated/α-hetero) is 1. The molecule has 0 spiro atoms. The van der Waals surface area contributed by atoms with Crippen LogP contribution in [0.2, 0.25) is 0 Å². The van der Waals surface area contributed by atoms with Gasteiger partial charge < -0.3 is 0 Å². The van der Waals surface area contributed by atoms with Crippen LogP contribution in [0.3, 0.4) is 0 Å². The van der Waals surface area contributed by atoms with Gasteiger partial charge in [-0.1, -0.05) is 0 Å². The van der Waals surface area contributed by atoms with Crippen molar-refractivity contribution in [3.63, 3.8) is 0 Å². The number of hydrogen-bond donors (Lipinski definition) is 0. The molecule has 1 aliphatic rings. The van der Waals surface area contributed by atoms with Crippen LogP contribution < -0.4 is 0 Å². The maximum Gasteiger partial charge on any atom is 0.156 e. The molecule has 2 nitrogen and oxygen atoms in total. The first kappa shape index (κ1) is 9.43. The fourth-order valence-electron chi connectivity index (χ4n) is 1.75. The average molecular weight is 168 g/mol. The molecule has 0 bridgehead atoms. The molecule has 0 unspecified atom stereocenters. The van der Waals surface area contributed by atoms with E-state index in [0.717, 1.165) is 13.1 Å². The third kappa shape index (κ3) is 2.76. The van der Waals surface area contributed by atoms with Crippen molar-refractivity contribution in [2.75, 3.05) is 13.1 Å². The SMILES string of the molecule is CC(=O)CC(C)=[N+]1CCCCC1. The van der Waals surface area contributed by atoms with E-state index in [0.29, 0.717) is 6.42 Å². The molecule has 1 fully saturated rings. The Morgan fingerprint density at radius 1 is 1.17 bits per heavy atom. The number of nitrogens with zero attached hydrogens (tertiary/aromatic N) is 1. The summed E-state index contributed by atoms with van der Waals surface area (Å²) in [6, 6.07) is 0. The first-order valence-corrected chi connectivity index (χ1v) is 4.77. The van der Waals surface area contributed by atoms with E-state index in [1.54, 1.807) is 6.92 Å². The fourth-order valence-corrected chi connectivity index (χ4v) is 1.75. The van der Waals surface area contributed by atoms with E-state index in [1.807, 2.05) is 0 Å². The molecule has 0 aromatic rings. The number of piperidine rings is 1. The Balaban J connectivity index is 2.54. The van der Waals surface area contributed by atoms with Gasteiger partial charge in [-0.15, -0.1) is 0 Å². The normalized spacial score (nSPS) is 17.7. The van der Waals surface area contributed by atoms with Crippen molar-refractivity contribution >= 4 is 11.5 Å². The van der Waals surface area contributed by atoms with Crippen molar-refractivity contribution in [1.29, 1.82) is 0 Å². The van der Waals surface area contributed by atoms with Gasteiger partial charge in [-0.2, -0.15) is 0 Å². The van der Waals surface area contributed by atoms with Gasteiger partial charge in [0.05, 0.1) is 6.42 Å². The van der Waals surface area contributed by atoms with E-state index >= 15 is 0 Å². The molecule has 0 N–H and O–H groups in total. The highest BCUT2D eigenvalue weighted by molar-refractivity contribution is 5.97. The van der Waals surface area contributed by atoms with Crippen LogP contribution in [0.15, 0.2) is 0 Å². The van der Waals surface area contributed by atoms with Crippen molar-refractivity contribution in [3.8, 4) is 0 Å². The summed E-state index contributed by atoms with van der Waals surface area (Å²) < 4.78 is 2.35. The largest absolute Gasteiger partial charge is 0.299 e. The smallest absolute Gasteiger partial charge is 0.156 e. The van der Waals surface area contributed by atoms with Gasteiger partial charge in [0.25, 0.3) is 0 Å². The number of hydrogen-bond acceptors (Lipinski definition) is 1. The maximum atomic E-state index is 10.8. The second-order valence-electron chi connectivity index (χ2n) is 3.66. The molecule has 0 saturated carbocycles.